The number of amides is 2. The Morgan fingerprint density at radius 2 is 2.11 bits per heavy atom. The summed E-state index contributed by atoms with van der Waals surface area (Å²) in [5, 5.41) is 0.997. The molecule has 1 atom stereocenters. The monoisotopic (exact) mass is 380 g/mol. The Morgan fingerprint density at radius 3 is 2.93 bits per heavy atom. The van der Waals surface area contributed by atoms with Gasteiger partial charge in [-0.15, -0.1) is 11.3 Å². The molecule has 0 spiro atoms. The quantitative estimate of drug-likeness (QED) is 0.756. The first kappa shape index (κ1) is 17.6. The van der Waals surface area contributed by atoms with Crippen LogP contribution in [-0.4, -0.2) is 39.8 Å². The van der Waals surface area contributed by atoms with E-state index in [0.717, 1.165) is 34.3 Å². The number of aromatic nitrogens is 2. The van der Waals surface area contributed by atoms with Gasteiger partial charge in [0.1, 0.15) is 11.2 Å². The highest BCUT2D eigenvalue weighted by Crippen LogP contribution is 2.31. The molecule has 138 valence electrons. The molecule has 2 N–H and O–H groups in total. The number of likely N-dealkylation sites (tertiary alicyclic amines) is 1. The summed E-state index contributed by atoms with van der Waals surface area (Å²) in [6.45, 7) is 3.08. The Kier molecular flexibility index (Phi) is 4.61. The molecule has 1 fully saturated rings. The zero-order valence-corrected chi connectivity index (χ0v) is 15.8. The Bertz CT molecular complexity index is 1030. The van der Waals surface area contributed by atoms with Crippen molar-refractivity contribution in [2.75, 3.05) is 13.1 Å². The van der Waals surface area contributed by atoms with Crippen LogP contribution in [0.25, 0.3) is 21.5 Å². The number of carbonyl (C=O) groups excluding carboxylic acids is 2. The van der Waals surface area contributed by atoms with Crippen molar-refractivity contribution in [3.8, 4) is 11.3 Å². The van der Waals surface area contributed by atoms with Crippen molar-refractivity contribution in [2.24, 2.45) is 11.7 Å². The molecule has 3 heterocycles. The first-order chi connectivity index (χ1) is 13.0. The number of nitrogens with two attached hydrogens (primary N) is 1. The Balaban J connectivity index is 1.66. The predicted molar refractivity (Wildman–Crippen MR) is 105 cm³/mol. The summed E-state index contributed by atoms with van der Waals surface area (Å²) in [5.74, 6) is -0.673. The van der Waals surface area contributed by atoms with Crippen molar-refractivity contribution >= 4 is 33.4 Å². The van der Waals surface area contributed by atoms with E-state index in [1.807, 2.05) is 25.1 Å². The van der Waals surface area contributed by atoms with Gasteiger partial charge in [-0.05, 0) is 38.0 Å². The lowest BCUT2D eigenvalue weighted by Gasteiger charge is -2.31. The van der Waals surface area contributed by atoms with E-state index in [0.29, 0.717) is 18.7 Å². The van der Waals surface area contributed by atoms with Crippen LogP contribution in [0.4, 0.5) is 0 Å². The van der Waals surface area contributed by atoms with Gasteiger partial charge in [0.15, 0.2) is 0 Å². The number of fused-ring (bicyclic) bond motifs is 1. The van der Waals surface area contributed by atoms with Gasteiger partial charge in [0.2, 0.25) is 5.91 Å². The fourth-order valence-corrected chi connectivity index (χ4v) is 4.43. The lowest BCUT2D eigenvalue weighted by molar-refractivity contribution is -0.123. The van der Waals surface area contributed by atoms with Crippen LogP contribution in [0.3, 0.4) is 0 Å². The van der Waals surface area contributed by atoms with Crippen LogP contribution < -0.4 is 5.73 Å². The molecule has 2 aromatic heterocycles. The second-order valence-corrected chi connectivity index (χ2v) is 8.11. The van der Waals surface area contributed by atoms with Crippen molar-refractivity contribution in [1.82, 2.24) is 14.9 Å². The summed E-state index contributed by atoms with van der Waals surface area (Å²) in [6, 6.07) is 9.56. The number of primary amides is 1. The summed E-state index contributed by atoms with van der Waals surface area (Å²) in [7, 11) is 0. The van der Waals surface area contributed by atoms with E-state index in [-0.39, 0.29) is 17.7 Å². The fourth-order valence-electron chi connectivity index (χ4n) is 3.58. The minimum Gasteiger partial charge on any atom is -0.369 e. The maximum absolute atomic E-state index is 13.0. The van der Waals surface area contributed by atoms with E-state index >= 15 is 0 Å². The summed E-state index contributed by atoms with van der Waals surface area (Å²) in [4.78, 5) is 37.1. The molecule has 27 heavy (non-hydrogen) atoms. The van der Waals surface area contributed by atoms with Gasteiger partial charge in [0, 0.05) is 34.5 Å². The molecule has 0 bridgehead atoms. The van der Waals surface area contributed by atoms with Gasteiger partial charge in [-0.25, -0.2) is 9.97 Å². The van der Waals surface area contributed by atoms with E-state index in [9.17, 15) is 9.59 Å². The van der Waals surface area contributed by atoms with Crippen LogP contribution in [0.1, 0.15) is 28.1 Å². The molecule has 4 rings (SSSR count). The molecule has 0 aliphatic carbocycles. The molecule has 0 radical (unpaired) electrons. The largest absolute Gasteiger partial charge is 0.369 e. The molecular formula is C20H20N4O2S. The van der Waals surface area contributed by atoms with Gasteiger partial charge in [0.05, 0.1) is 11.6 Å². The average molecular weight is 380 g/mol. The SMILES string of the molecule is Cc1cc2c(-c3cccc(C(=O)N4CCC[C@H](C(N)=O)C4)c3)ncnc2s1. The van der Waals surface area contributed by atoms with Gasteiger partial charge >= 0.3 is 0 Å². The topological polar surface area (TPSA) is 89.2 Å². The van der Waals surface area contributed by atoms with E-state index in [1.165, 1.54) is 4.88 Å². The predicted octanol–water partition coefficient (Wildman–Crippen LogP) is 3.00. The smallest absolute Gasteiger partial charge is 0.253 e. The van der Waals surface area contributed by atoms with E-state index < -0.39 is 0 Å². The van der Waals surface area contributed by atoms with Gasteiger partial charge in [0.25, 0.3) is 5.91 Å². The van der Waals surface area contributed by atoms with Crippen LogP contribution in [0.5, 0.6) is 0 Å². The van der Waals surface area contributed by atoms with Gasteiger partial charge < -0.3 is 10.6 Å². The third kappa shape index (κ3) is 3.42. The molecule has 0 saturated carbocycles. The molecule has 0 unspecified atom stereocenters. The van der Waals surface area contributed by atoms with Crippen LogP contribution in [0, 0.1) is 12.8 Å². The molecule has 3 aromatic rings. The molecule has 1 aliphatic heterocycles. The number of benzene rings is 1. The van der Waals surface area contributed by atoms with E-state index in [4.69, 9.17) is 5.73 Å². The molecular weight excluding hydrogens is 360 g/mol. The number of nitrogens with zero attached hydrogens (tertiary/aromatic N) is 3. The zero-order valence-electron chi connectivity index (χ0n) is 15.0. The lowest BCUT2D eigenvalue weighted by Crippen LogP contribution is -2.44. The molecule has 2 amide bonds. The molecule has 7 heteroatoms. The standard InChI is InChI=1S/C20H20N4O2S/c1-12-8-16-17(22-11-23-19(16)27-12)13-4-2-5-14(9-13)20(26)24-7-3-6-15(10-24)18(21)25/h2,4-5,8-9,11,15H,3,6-7,10H2,1H3,(H2,21,25)/t15-/m0/s1. The third-order valence-electron chi connectivity index (χ3n) is 4.95. The summed E-state index contributed by atoms with van der Waals surface area (Å²) < 4.78 is 0. The number of piperidine rings is 1. The first-order valence-electron chi connectivity index (χ1n) is 8.93. The number of aryl methyl sites for hydroxylation is 1. The third-order valence-corrected chi connectivity index (χ3v) is 5.91. The Labute approximate surface area is 161 Å². The van der Waals surface area contributed by atoms with Gasteiger partial charge in [-0.1, -0.05) is 12.1 Å². The molecule has 1 aliphatic rings. The van der Waals surface area contributed by atoms with Gasteiger partial charge in [-0.3, -0.25) is 9.59 Å². The van der Waals surface area contributed by atoms with E-state index in [2.05, 4.69) is 16.0 Å². The highest BCUT2D eigenvalue weighted by molar-refractivity contribution is 7.18. The van der Waals surface area contributed by atoms with Crippen LogP contribution in [0.2, 0.25) is 0 Å². The summed E-state index contributed by atoms with van der Waals surface area (Å²) in [5.41, 5.74) is 7.74. The fraction of sp³-hybridized carbons (Fsp3) is 0.300. The van der Waals surface area contributed by atoms with E-state index in [1.54, 1.807) is 28.6 Å². The minimum atomic E-state index is -0.336. The zero-order chi connectivity index (χ0) is 19.0. The van der Waals surface area contributed by atoms with Crippen molar-refractivity contribution in [2.45, 2.75) is 19.8 Å². The number of hydrogen-bond donors (Lipinski definition) is 1. The maximum Gasteiger partial charge on any atom is 0.253 e. The summed E-state index contributed by atoms with van der Waals surface area (Å²) in [6.07, 6.45) is 3.10. The number of carbonyl (C=O) groups is 2. The Hall–Kier alpha value is -2.80. The first-order valence-corrected chi connectivity index (χ1v) is 9.75. The van der Waals surface area contributed by atoms with Crippen molar-refractivity contribution in [3.63, 3.8) is 0 Å². The Morgan fingerprint density at radius 1 is 1.26 bits per heavy atom. The molecule has 1 saturated heterocycles. The highest BCUT2D eigenvalue weighted by atomic mass is 32.1. The maximum atomic E-state index is 13.0. The van der Waals surface area contributed by atoms with Crippen molar-refractivity contribution in [3.05, 3.63) is 47.1 Å². The molecule has 6 nitrogen and oxygen atoms in total. The van der Waals surface area contributed by atoms with Crippen LogP contribution in [-0.2, 0) is 4.79 Å². The number of rotatable bonds is 3. The lowest BCUT2D eigenvalue weighted by atomic mass is 9.96. The second kappa shape index (κ2) is 7.08. The number of thiophene rings is 1. The number of hydrogen-bond acceptors (Lipinski definition) is 5. The van der Waals surface area contributed by atoms with Crippen LogP contribution in [0.15, 0.2) is 36.7 Å². The van der Waals surface area contributed by atoms with Gasteiger partial charge in [-0.2, -0.15) is 0 Å². The van der Waals surface area contributed by atoms with Crippen molar-refractivity contribution in [1.29, 1.82) is 0 Å². The average Bonchev–Trinajstić information content (AvgIpc) is 3.07. The normalized spacial score (nSPS) is 17.2. The van der Waals surface area contributed by atoms with Crippen LogP contribution >= 0.6 is 11.3 Å². The highest BCUT2D eigenvalue weighted by Gasteiger charge is 2.27. The van der Waals surface area contributed by atoms with Crippen molar-refractivity contribution < 1.29 is 9.59 Å². The minimum absolute atomic E-state index is 0.0744. The molecule has 1 aromatic carbocycles. The second-order valence-electron chi connectivity index (χ2n) is 6.87. The summed E-state index contributed by atoms with van der Waals surface area (Å²) >= 11 is 1.63.